The van der Waals surface area contributed by atoms with Crippen molar-refractivity contribution in [2.75, 3.05) is 13.2 Å². The van der Waals surface area contributed by atoms with E-state index in [-0.39, 0.29) is 12.1 Å². The number of rotatable bonds is 11. The third kappa shape index (κ3) is 8.58. The van der Waals surface area contributed by atoms with Crippen LogP contribution in [0.3, 0.4) is 0 Å². The molecular weight excluding hydrogens is 214 g/mol. The molecule has 0 saturated heterocycles. The van der Waals surface area contributed by atoms with E-state index in [0.717, 1.165) is 6.54 Å². The van der Waals surface area contributed by atoms with Crippen LogP contribution in [0.25, 0.3) is 0 Å². The predicted octanol–water partition coefficient (Wildman–Crippen LogP) is 2.46. The Hall–Kier alpha value is -0.120. The van der Waals surface area contributed by atoms with Crippen molar-refractivity contribution >= 4 is 0 Å². The van der Waals surface area contributed by atoms with Gasteiger partial charge in [-0.1, -0.05) is 39.5 Å². The van der Waals surface area contributed by atoms with Crippen molar-refractivity contribution in [3.8, 4) is 0 Å². The minimum Gasteiger partial charge on any atom is -0.394 e. The molecule has 0 heterocycles. The molecule has 3 heteroatoms. The summed E-state index contributed by atoms with van der Waals surface area (Å²) in [6.07, 6.45) is 7.38. The van der Waals surface area contributed by atoms with E-state index in [1.54, 1.807) is 0 Å². The second-order valence-electron chi connectivity index (χ2n) is 5.32. The van der Waals surface area contributed by atoms with Gasteiger partial charge in [0.1, 0.15) is 0 Å². The fourth-order valence-electron chi connectivity index (χ4n) is 2.07. The average Bonchev–Trinajstić information content (AvgIpc) is 2.34. The first-order chi connectivity index (χ1) is 8.08. The molecule has 0 aliphatic heterocycles. The lowest BCUT2D eigenvalue weighted by atomic mass is 9.89. The third-order valence-corrected chi connectivity index (χ3v) is 3.40. The van der Waals surface area contributed by atoms with E-state index in [2.05, 4.69) is 26.1 Å². The van der Waals surface area contributed by atoms with Gasteiger partial charge < -0.3 is 15.5 Å². The molecule has 17 heavy (non-hydrogen) atoms. The Kier molecular flexibility index (Phi) is 9.79. The van der Waals surface area contributed by atoms with Crippen molar-refractivity contribution in [2.45, 2.75) is 77.4 Å². The van der Waals surface area contributed by atoms with Crippen molar-refractivity contribution in [3.05, 3.63) is 0 Å². The Morgan fingerprint density at radius 1 is 1.12 bits per heavy atom. The van der Waals surface area contributed by atoms with E-state index in [0.29, 0.717) is 6.42 Å². The molecule has 0 saturated carbocycles. The van der Waals surface area contributed by atoms with Gasteiger partial charge in [-0.25, -0.2) is 0 Å². The molecule has 0 aromatic carbocycles. The zero-order valence-corrected chi connectivity index (χ0v) is 11.8. The van der Waals surface area contributed by atoms with Crippen LogP contribution >= 0.6 is 0 Å². The standard InChI is InChI=1S/C14H31NO2/c1-4-6-9-14(3,10-7-5-2)15-11-8-13(17)12-16/h13,15-17H,4-12H2,1-3H3. The summed E-state index contributed by atoms with van der Waals surface area (Å²) in [5.74, 6) is 0. The van der Waals surface area contributed by atoms with Crippen LogP contribution in [0.1, 0.15) is 65.7 Å². The summed E-state index contributed by atoms with van der Waals surface area (Å²) >= 11 is 0. The Morgan fingerprint density at radius 3 is 2.06 bits per heavy atom. The monoisotopic (exact) mass is 245 g/mol. The number of aliphatic hydroxyl groups is 2. The molecule has 0 rings (SSSR count). The highest BCUT2D eigenvalue weighted by molar-refractivity contribution is 4.83. The maximum Gasteiger partial charge on any atom is 0.0783 e. The van der Waals surface area contributed by atoms with Crippen LogP contribution in [0.4, 0.5) is 0 Å². The number of nitrogens with one attached hydrogen (secondary N) is 1. The van der Waals surface area contributed by atoms with Gasteiger partial charge in [-0.05, 0) is 32.7 Å². The number of unbranched alkanes of at least 4 members (excludes halogenated alkanes) is 2. The first-order valence-electron chi connectivity index (χ1n) is 7.12. The van der Waals surface area contributed by atoms with Crippen molar-refractivity contribution in [1.82, 2.24) is 5.32 Å². The summed E-state index contributed by atoms with van der Waals surface area (Å²) in [5, 5.41) is 21.6. The van der Waals surface area contributed by atoms with Crippen LogP contribution in [0, 0.1) is 0 Å². The molecule has 0 bridgehead atoms. The summed E-state index contributed by atoms with van der Waals surface area (Å²) in [6, 6.07) is 0. The summed E-state index contributed by atoms with van der Waals surface area (Å²) in [4.78, 5) is 0. The molecule has 3 N–H and O–H groups in total. The molecule has 0 amide bonds. The van der Waals surface area contributed by atoms with Gasteiger partial charge in [0.15, 0.2) is 0 Å². The largest absolute Gasteiger partial charge is 0.394 e. The third-order valence-electron chi connectivity index (χ3n) is 3.40. The van der Waals surface area contributed by atoms with Crippen LogP contribution in [-0.4, -0.2) is 35.0 Å². The average molecular weight is 245 g/mol. The maximum absolute atomic E-state index is 9.32. The van der Waals surface area contributed by atoms with Gasteiger partial charge in [-0.2, -0.15) is 0 Å². The van der Waals surface area contributed by atoms with Gasteiger partial charge in [-0.3, -0.25) is 0 Å². The highest BCUT2D eigenvalue weighted by atomic mass is 16.3. The van der Waals surface area contributed by atoms with E-state index < -0.39 is 6.10 Å². The summed E-state index contributed by atoms with van der Waals surface area (Å²) < 4.78 is 0. The van der Waals surface area contributed by atoms with Gasteiger partial charge in [0.05, 0.1) is 12.7 Å². The van der Waals surface area contributed by atoms with Gasteiger partial charge >= 0.3 is 0 Å². The molecule has 0 spiro atoms. The smallest absolute Gasteiger partial charge is 0.0783 e. The summed E-state index contributed by atoms with van der Waals surface area (Å²) in [6.45, 7) is 7.36. The number of hydrogen-bond donors (Lipinski definition) is 3. The predicted molar refractivity (Wildman–Crippen MR) is 73.2 cm³/mol. The minimum atomic E-state index is -0.580. The van der Waals surface area contributed by atoms with E-state index in [9.17, 15) is 5.11 Å². The molecule has 104 valence electrons. The maximum atomic E-state index is 9.32. The van der Waals surface area contributed by atoms with Gasteiger partial charge in [0.2, 0.25) is 0 Å². The van der Waals surface area contributed by atoms with Crippen molar-refractivity contribution < 1.29 is 10.2 Å². The quantitative estimate of drug-likeness (QED) is 0.524. The minimum absolute atomic E-state index is 0.137. The highest BCUT2D eigenvalue weighted by Crippen LogP contribution is 2.21. The zero-order valence-electron chi connectivity index (χ0n) is 11.8. The molecule has 0 aromatic heterocycles. The van der Waals surface area contributed by atoms with Crippen LogP contribution in [0.15, 0.2) is 0 Å². The molecule has 0 aliphatic carbocycles. The van der Waals surface area contributed by atoms with E-state index >= 15 is 0 Å². The Bertz CT molecular complexity index is 166. The lowest BCUT2D eigenvalue weighted by molar-refractivity contribution is 0.0856. The van der Waals surface area contributed by atoms with Crippen LogP contribution in [0.2, 0.25) is 0 Å². The van der Waals surface area contributed by atoms with Crippen LogP contribution < -0.4 is 5.32 Å². The van der Waals surface area contributed by atoms with Crippen molar-refractivity contribution in [3.63, 3.8) is 0 Å². The fourth-order valence-corrected chi connectivity index (χ4v) is 2.07. The second kappa shape index (κ2) is 9.86. The van der Waals surface area contributed by atoms with E-state index in [1.807, 2.05) is 0 Å². The lowest BCUT2D eigenvalue weighted by Crippen LogP contribution is -2.43. The fraction of sp³-hybridized carbons (Fsp3) is 1.00. The normalized spacial score (nSPS) is 13.9. The molecule has 0 fully saturated rings. The van der Waals surface area contributed by atoms with Crippen molar-refractivity contribution in [2.24, 2.45) is 0 Å². The zero-order chi connectivity index (χ0) is 13.1. The Morgan fingerprint density at radius 2 is 1.65 bits per heavy atom. The Labute approximate surface area is 107 Å². The first kappa shape index (κ1) is 16.9. The van der Waals surface area contributed by atoms with Crippen LogP contribution in [-0.2, 0) is 0 Å². The summed E-state index contributed by atoms with van der Waals surface area (Å²) in [7, 11) is 0. The van der Waals surface area contributed by atoms with Gasteiger partial charge in [0.25, 0.3) is 0 Å². The Balaban J connectivity index is 3.98. The molecule has 1 unspecified atom stereocenters. The molecule has 0 radical (unpaired) electrons. The van der Waals surface area contributed by atoms with E-state index in [4.69, 9.17) is 5.11 Å². The second-order valence-corrected chi connectivity index (χ2v) is 5.32. The highest BCUT2D eigenvalue weighted by Gasteiger charge is 2.22. The van der Waals surface area contributed by atoms with Crippen molar-refractivity contribution in [1.29, 1.82) is 0 Å². The van der Waals surface area contributed by atoms with E-state index in [1.165, 1.54) is 38.5 Å². The molecule has 1 atom stereocenters. The lowest BCUT2D eigenvalue weighted by Gasteiger charge is -2.31. The van der Waals surface area contributed by atoms with Crippen LogP contribution in [0.5, 0.6) is 0 Å². The first-order valence-corrected chi connectivity index (χ1v) is 7.12. The van der Waals surface area contributed by atoms with Gasteiger partial charge in [-0.15, -0.1) is 0 Å². The van der Waals surface area contributed by atoms with Gasteiger partial charge in [0, 0.05) is 5.54 Å². The topological polar surface area (TPSA) is 52.5 Å². The SMILES string of the molecule is CCCCC(C)(CCCC)NCCC(O)CO. The number of aliphatic hydroxyl groups excluding tert-OH is 2. The number of hydrogen-bond acceptors (Lipinski definition) is 3. The molecule has 0 aliphatic rings. The molecule has 0 aromatic rings. The molecular formula is C14H31NO2. The summed E-state index contributed by atoms with van der Waals surface area (Å²) in [5.41, 5.74) is 0.196. The molecule has 3 nitrogen and oxygen atoms in total.